The number of aryl methyl sites for hydroxylation is 1. The second kappa shape index (κ2) is 5.89. The minimum Gasteiger partial charge on any atom is -0.399 e. The predicted molar refractivity (Wildman–Crippen MR) is 86.1 cm³/mol. The summed E-state index contributed by atoms with van der Waals surface area (Å²) in [7, 11) is 0. The monoisotopic (exact) mass is 348 g/mol. The minimum absolute atomic E-state index is 0.0637. The van der Waals surface area contributed by atoms with Gasteiger partial charge in [-0.2, -0.15) is 0 Å². The van der Waals surface area contributed by atoms with E-state index < -0.39 is 0 Å². The van der Waals surface area contributed by atoms with Crippen LogP contribution in [0.4, 0.5) is 11.4 Å². The van der Waals surface area contributed by atoms with Gasteiger partial charge in [0.05, 0.1) is 17.7 Å². The first-order valence-electron chi connectivity index (χ1n) is 7.01. The average molecular weight is 349 g/mol. The molecule has 0 unspecified atom stereocenters. The number of fused-ring (bicyclic) bond motifs is 1. The number of rotatable bonds is 3. The van der Waals surface area contributed by atoms with E-state index in [1.165, 1.54) is 18.5 Å². The molecule has 1 aliphatic carbocycles. The van der Waals surface area contributed by atoms with Gasteiger partial charge in [0.25, 0.3) is 0 Å². The number of nitrogens with zero attached hydrogens (tertiary/aromatic N) is 2. The molecular weight excluding hydrogens is 332 g/mol. The van der Waals surface area contributed by atoms with Gasteiger partial charge in [-0.05, 0) is 59.8 Å². The lowest BCUT2D eigenvalue weighted by atomic mass is 10.0. The summed E-state index contributed by atoms with van der Waals surface area (Å²) in [5, 5.41) is 2.89. The molecule has 0 aliphatic heterocycles. The van der Waals surface area contributed by atoms with Crippen molar-refractivity contribution in [1.82, 2.24) is 9.55 Å². The van der Waals surface area contributed by atoms with E-state index in [1.807, 2.05) is 4.57 Å². The van der Waals surface area contributed by atoms with Crippen LogP contribution in [0.1, 0.15) is 24.2 Å². The number of imidazole rings is 1. The van der Waals surface area contributed by atoms with Crippen LogP contribution in [0.15, 0.2) is 29.0 Å². The molecule has 0 saturated heterocycles. The van der Waals surface area contributed by atoms with Crippen LogP contribution in [0.3, 0.4) is 0 Å². The zero-order chi connectivity index (χ0) is 14.8. The summed E-state index contributed by atoms with van der Waals surface area (Å²) in [5.74, 6) is -0.0637. The second-order valence-corrected chi connectivity index (χ2v) is 6.11. The molecule has 1 aromatic carbocycles. The molecular formula is C15H17BrN4O. The number of carbonyl (C=O) groups excluding carboxylic acids is 1. The van der Waals surface area contributed by atoms with E-state index in [0.717, 1.165) is 28.7 Å². The number of nitrogen functional groups attached to an aromatic ring is 1. The highest BCUT2D eigenvalue weighted by Gasteiger charge is 2.16. The molecule has 3 N–H and O–H groups in total. The van der Waals surface area contributed by atoms with Gasteiger partial charge in [0, 0.05) is 15.9 Å². The number of carbonyl (C=O) groups is 1. The second-order valence-electron chi connectivity index (χ2n) is 5.26. The first-order chi connectivity index (χ1) is 10.1. The summed E-state index contributed by atoms with van der Waals surface area (Å²) in [5.41, 5.74) is 9.41. The Morgan fingerprint density at radius 1 is 1.38 bits per heavy atom. The number of amides is 1. The fraction of sp³-hybridized carbons (Fsp3) is 0.333. The van der Waals surface area contributed by atoms with Gasteiger partial charge in [0.15, 0.2) is 0 Å². The topological polar surface area (TPSA) is 72.9 Å². The van der Waals surface area contributed by atoms with E-state index in [4.69, 9.17) is 5.73 Å². The Morgan fingerprint density at radius 3 is 3.00 bits per heavy atom. The molecule has 1 amide bonds. The molecule has 6 heteroatoms. The summed E-state index contributed by atoms with van der Waals surface area (Å²) in [6.07, 6.45) is 6.16. The molecule has 0 fully saturated rings. The molecule has 0 radical (unpaired) electrons. The van der Waals surface area contributed by atoms with Gasteiger partial charge in [0.1, 0.15) is 6.54 Å². The normalized spacial score (nSPS) is 13.8. The number of aromatic nitrogens is 2. The van der Waals surface area contributed by atoms with E-state index >= 15 is 0 Å². The van der Waals surface area contributed by atoms with Crippen LogP contribution in [0.5, 0.6) is 0 Å². The van der Waals surface area contributed by atoms with E-state index in [-0.39, 0.29) is 5.91 Å². The number of anilines is 2. The zero-order valence-corrected chi connectivity index (χ0v) is 13.2. The van der Waals surface area contributed by atoms with E-state index in [9.17, 15) is 4.79 Å². The number of nitrogens with one attached hydrogen (secondary N) is 1. The van der Waals surface area contributed by atoms with Crippen molar-refractivity contribution in [3.63, 3.8) is 0 Å². The SMILES string of the molecule is Nc1ccc(NC(=O)Cn2cnc3c2CCCC3)c(Br)c1. The van der Waals surface area contributed by atoms with Crippen molar-refractivity contribution in [3.05, 3.63) is 40.4 Å². The molecule has 5 nitrogen and oxygen atoms in total. The highest BCUT2D eigenvalue weighted by Crippen LogP contribution is 2.25. The molecule has 3 rings (SSSR count). The zero-order valence-electron chi connectivity index (χ0n) is 11.6. The standard InChI is InChI=1S/C15H17BrN4O/c16-11-7-10(17)5-6-12(11)19-15(21)8-20-9-18-13-3-1-2-4-14(13)20/h5-7,9H,1-4,8,17H2,(H,19,21). The summed E-state index contributed by atoms with van der Waals surface area (Å²) >= 11 is 3.40. The summed E-state index contributed by atoms with van der Waals surface area (Å²) in [4.78, 5) is 16.6. The maximum absolute atomic E-state index is 12.2. The largest absolute Gasteiger partial charge is 0.399 e. The maximum atomic E-state index is 12.2. The van der Waals surface area contributed by atoms with E-state index in [1.54, 1.807) is 24.5 Å². The number of halogens is 1. The first-order valence-corrected chi connectivity index (χ1v) is 7.80. The smallest absolute Gasteiger partial charge is 0.244 e. The third kappa shape index (κ3) is 3.10. The Kier molecular flexibility index (Phi) is 3.96. The molecule has 21 heavy (non-hydrogen) atoms. The van der Waals surface area contributed by atoms with Crippen molar-refractivity contribution in [3.8, 4) is 0 Å². The lowest BCUT2D eigenvalue weighted by Crippen LogP contribution is -2.20. The molecule has 110 valence electrons. The Balaban J connectivity index is 1.70. The van der Waals surface area contributed by atoms with Crippen LogP contribution in [-0.4, -0.2) is 15.5 Å². The number of benzene rings is 1. The summed E-state index contributed by atoms with van der Waals surface area (Å²) in [6.45, 7) is 0.291. The fourth-order valence-electron chi connectivity index (χ4n) is 2.64. The lowest BCUT2D eigenvalue weighted by Gasteiger charge is -2.14. The Morgan fingerprint density at radius 2 is 2.19 bits per heavy atom. The molecule has 1 aromatic heterocycles. The maximum Gasteiger partial charge on any atom is 0.244 e. The molecule has 1 aliphatic rings. The third-order valence-corrected chi connectivity index (χ3v) is 4.35. The Labute approximate surface area is 131 Å². The van der Waals surface area contributed by atoms with Gasteiger partial charge in [-0.1, -0.05) is 0 Å². The van der Waals surface area contributed by atoms with Gasteiger partial charge in [-0.15, -0.1) is 0 Å². The Bertz CT molecular complexity index is 680. The molecule has 0 atom stereocenters. The van der Waals surface area contributed by atoms with Gasteiger partial charge >= 0.3 is 0 Å². The van der Waals surface area contributed by atoms with Crippen molar-refractivity contribution >= 4 is 33.2 Å². The van der Waals surface area contributed by atoms with Crippen LogP contribution < -0.4 is 11.1 Å². The minimum atomic E-state index is -0.0637. The van der Waals surface area contributed by atoms with Crippen molar-refractivity contribution < 1.29 is 4.79 Å². The van der Waals surface area contributed by atoms with Gasteiger partial charge in [0.2, 0.25) is 5.91 Å². The molecule has 0 spiro atoms. The van der Waals surface area contributed by atoms with Crippen molar-refractivity contribution in [2.75, 3.05) is 11.1 Å². The van der Waals surface area contributed by atoms with E-state index in [2.05, 4.69) is 26.2 Å². The van der Waals surface area contributed by atoms with Crippen molar-refractivity contribution in [2.24, 2.45) is 0 Å². The summed E-state index contributed by atoms with van der Waals surface area (Å²) in [6, 6.07) is 5.33. The molecule has 1 heterocycles. The Hall–Kier alpha value is -1.82. The highest BCUT2D eigenvalue weighted by molar-refractivity contribution is 9.10. The predicted octanol–water partition coefficient (Wildman–Crippen LogP) is 2.75. The van der Waals surface area contributed by atoms with Crippen molar-refractivity contribution in [2.45, 2.75) is 32.2 Å². The average Bonchev–Trinajstić information content (AvgIpc) is 2.85. The number of nitrogens with two attached hydrogens (primary N) is 1. The lowest BCUT2D eigenvalue weighted by molar-refractivity contribution is -0.116. The molecule has 2 aromatic rings. The number of hydrogen-bond acceptors (Lipinski definition) is 3. The van der Waals surface area contributed by atoms with Crippen molar-refractivity contribution in [1.29, 1.82) is 0 Å². The third-order valence-electron chi connectivity index (χ3n) is 3.69. The van der Waals surface area contributed by atoms with Gasteiger partial charge in [-0.25, -0.2) is 4.98 Å². The van der Waals surface area contributed by atoms with E-state index in [0.29, 0.717) is 12.2 Å². The quantitative estimate of drug-likeness (QED) is 0.837. The fourth-order valence-corrected chi connectivity index (χ4v) is 3.14. The highest BCUT2D eigenvalue weighted by atomic mass is 79.9. The molecule has 0 saturated carbocycles. The van der Waals surface area contributed by atoms with Crippen LogP contribution in [0.25, 0.3) is 0 Å². The van der Waals surface area contributed by atoms with Crippen LogP contribution in [0.2, 0.25) is 0 Å². The van der Waals surface area contributed by atoms with Gasteiger partial charge < -0.3 is 15.6 Å². The van der Waals surface area contributed by atoms with Crippen LogP contribution in [-0.2, 0) is 24.2 Å². The first kappa shape index (κ1) is 14.1. The van der Waals surface area contributed by atoms with Crippen LogP contribution in [0, 0.1) is 0 Å². The van der Waals surface area contributed by atoms with Gasteiger partial charge in [-0.3, -0.25) is 4.79 Å². The number of hydrogen-bond donors (Lipinski definition) is 2. The van der Waals surface area contributed by atoms with Crippen LogP contribution >= 0.6 is 15.9 Å². The molecule has 0 bridgehead atoms. The summed E-state index contributed by atoms with van der Waals surface area (Å²) < 4.78 is 2.73.